The normalized spacial score (nSPS) is 22.1. The maximum atomic E-state index is 11.3. The number of rotatable bonds is 3. The van der Waals surface area contributed by atoms with Crippen LogP contribution in [0.3, 0.4) is 0 Å². The fraction of sp³-hybridized carbons (Fsp3) is 0.526. The molecule has 3 aliphatic heterocycles. The summed E-state index contributed by atoms with van der Waals surface area (Å²) >= 11 is 0. The zero-order valence-corrected chi connectivity index (χ0v) is 14.9. The number of nitro benzene ring substituents is 1. The van der Waals surface area contributed by atoms with Crippen LogP contribution in [0.4, 0.5) is 5.69 Å². The van der Waals surface area contributed by atoms with Gasteiger partial charge in [-0.2, -0.15) is 0 Å². The smallest absolute Gasteiger partial charge is 0.270 e. The minimum atomic E-state index is -0.399. The van der Waals surface area contributed by atoms with Gasteiger partial charge in [-0.3, -0.25) is 15.1 Å². The second-order valence-electron chi connectivity index (χ2n) is 7.80. The number of aromatic nitrogens is 1. The Labute approximate surface area is 155 Å². The molecule has 1 N–H and O–H groups in total. The van der Waals surface area contributed by atoms with E-state index in [0.717, 1.165) is 30.5 Å². The predicted octanol–water partition coefficient (Wildman–Crippen LogP) is 2.82. The van der Waals surface area contributed by atoms with E-state index < -0.39 is 4.92 Å². The van der Waals surface area contributed by atoms with Gasteiger partial charge in [0.15, 0.2) is 0 Å². The lowest BCUT2D eigenvalue weighted by atomic mass is 9.82. The van der Waals surface area contributed by atoms with Crippen molar-refractivity contribution in [2.75, 3.05) is 33.0 Å². The summed E-state index contributed by atoms with van der Waals surface area (Å²) in [6, 6.07) is 4.91. The third-order valence-corrected chi connectivity index (χ3v) is 5.98. The van der Waals surface area contributed by atoms with Gasteiger partial charge in [0.2, 0.25) is 5.88 Å². The summed E-state index contributed by atoms with van der Waals surface area (Å²) in [6.45, 7) is 3.33. The highest BCUT2D eigenvalue weighted by atomic mass is 16.6. The zero-order chi connectivity index (χ0) is 18.6. The first kappa shape index (κ1) is 16.7. The maximum Gasteiger partial charge on any atom is 0.270 e. The molecule has 3 aliphatic rings. The van der Waals surface area contributed by atoms with Crippen LogP contribution in [0.2, 0.25) is 0 Å². The van der Waals surface area contributed by atoms with Crippen molar-refractivity contribution in [2.45, 2.75) is 25.3 Å². The number of nitro groups is 1. The lowest BCUT2D eigenvalue weighted by Gasteiger charge is -2.36. The highest BCUT2D eigenvalue weighted by molar-refractivity contribution is 6.14. The SMILES string of the molecule is O=[N+]([O-])c1ccc2c(c1)c(C1=NCC3(COC3)C1)c(O)n2C1CCOCC1. The van der Waals surface area contributed by atoms with Crippen molar-refractivity contribution in [1.82, 2.24) is 4.57 Å². The van der Waals surface area contributed by atoms with E-state index in [1.807, 2.05) is 4.57 Å². The lowest BCUT2D eigenvalue weighted by Crippen LogP contribution is -2.43. The molecular formula is C19H21N3O5. The van der Waals surface area contributed by atoms with Gasteiger partial charge >= 0.3 is 0 Å². The molecule has 0 aliphatic carbocycles. The van der Waals surface area contributed by atoms with Crippen molar-refractivity contribution in [3.8, 4) is 5.88 Å². The molecule has 8 heteroatoms. The molecule has 4 heterocycles. The summed E-state index contributed by atoms with van der Waals surface area (Å²) in [5, 5.41) is 23.2. The number of nitrogens with zero attached hydrogens (tertiary/aromatic N) is 3. The summed E-state index contributed by atoms with van der Waals surface area (Å²) in [7, 11) is 0. The molecule has 1 aromatic heterocycles. The van der Waals surface area contributed by atoms with Crippen molar-refractivity contribution >= 4 is 22.3 Å². The van der Waals surface area contributed by atoms with E-state index in [4.69, 9.17) is 14.5 Å². The molecular weight excluding hydrogens is 350 g/mol. The van der Waals surface area contributed by atoms with E-state index in [9.17, 15) is 15.2 Å². The third-order valence-electron chi connectivity index (χ3n) is 5.98. The summed E-state index contributed by atoms with van der Waals surface area (Å²) in [4.78, 5) is 15.6. The van der Waals surface area contributed by atoms with Gasteiger partial charge in [-0.05, 0) is 18.9 Å². The van der Waals surface area contributed by atoms with Crippen LogP contribution in [0, 0.1) is 15.5 Å². The second-order valence-corrected chi connectivity index (χ2v) is 7.80. The van der Waals surface area contributed by atoms with E-state index in [-0.39, 0.29) is 23.0 Å². The average molecular weight is 371 g/mol. The largest absolute Gasteiger partial charge is 0.494 e. The standard InChI is InChI=1S/C19H21N3O5/c23-18-17(15-8-19(9-20-15)10-27-11-19)14-7-13(22(24)25)1-2-16(14)21(18)12-3-5-26-6-4-12/h1-2,7,12,23H,3-6,8-11H2. The Hall–Kier alpha value is -2.45. The Bertz CT molecular complexity index is 954. The van der Waals surface area contributed by atoms with Crippen molar-refractivity contribution < 1.29 is 19.5 Å². The monoisotopic (exact) mass is 371 g/mol. The average Bonchev–Trinajstić information content (AvgIpc) is 3.20. The molecule has 8 nitrogen and oxygen atoms in total. The molecule has 0 unspecified atom stereocenters. The van der Waals surface area contributed by atoms with Gasteiger partial charge in [-0.25, -0.2) is 0 Å². The Morgan fingerprint density at radius 3 is 2.67 bits per heavy atom. The summed E-state index contributed by atoms with van der Waals surface area (Å²) in [5.41, 5.74) is 2.34. The first-order chi connectivity index (χ1) is 13.1. The van der Waals surface area contributed by atoms with Gasteiger partial charge in [0.1, 0.15) is 0 Å². The van der Waals surface area contributed by atoms with E-state index in [1.165, 1.54) is 6.07 Å². The van der Waals surface area contributed by atoms with E-state index in [0.29, 0.717) is 43.9 Å². The Morgan fingerprint density at radius 1 is 1.26 bits per heavy atom. The number of fused-ring (bicyclic) bond motifs is 1. The first-order valence-corrected chi connectivity index (χ1v) is 9.28. The van der Waals surface area contributed by atoms with Crippen molar-refractivity contribution in [2.24, 2.45) is 10.4 Å². The van der Waals surface area contributed by atoms with Crippen molar-refractivity contribution in [3.05, 3.63) is 33.9 Å². The Balaban J connectivity index is 1.67. The lowest BCUT2D eigenvalue weighted by molar-refractivity contribution is -0.384. The van der Waals surface area contributed by atoms with Crippen LogP contribution in [0.25, 0.3) is 10.9 Å². The van der Waals surface area contributed by atoms with Crippen LogP contribution in [0.5, 0.6) is 5.88 Å². The number of ether oxygens (including phenoxy) is 2. The molecule has 0 amide bonds. The number of hydrogen-bond acceptors (Lipinski definition) is 6. The summed E-state index contributed by atoms with van der Waals surface area (Å²) in [5.74, 6) is 0.161. The van der Waals surface area contributed by atoms with Gasteiger partial charge in [0.05, 0.1) is 29.2 Å². The van der Waals surface area contributed by atoms with Gasteiger partial charge in [0, 0.05) is 60.9 Å². The van der Waals surface area contributed by atoms with Crippen LogP contribution < -0.4 is 0 Å². The number of aliphatic imine (C=N–C) groups is 1. The Kier molecular flexibility index (Phi) is 3.73. The second kappa shape index (κ2) is 6.03. The highest BCUT2D eigenvalue weighted by Crippen LogP contribution is 2.44. The minimum absolute atomic E-state index is 0.0214. The molecule has 1 spiro atoms. The van der Waals surface area contributed by atoms with Gasteiger partial charge in [-0.1, -0.05) is 0 Å². The molecule has 2 aromatic rings. The molecule has 27 heavy (non-hydrogen) atoms. The molecule has 0 atom stereocenters. The third kappa shape index (κ3) is 2.55. The van der Waals surface area contributed by atoms with Crippen molar-refractivity contribution in [1.29, 1.82) is 0 Å². The Morgan fingerprint density at radius 2 is 2.04 bits per heavy atom. The highest BCUT2D eigenvalue weighted by Gasteiger charge is 2.44. The van der Waals surface area contributed by atoms with E-state index in [2.05, 4.69) is 0 Å². The molecule has 1 aromatic carbocycles. The topological polar surface area (TPSA) is 99.1 Å². The number of hydrogen-bond donors (Lipinski definition) is 1. The zero-order valence-electron chi connectivity index (χ0n) is 14.9. The molecule has 2 saturated heterocycles. The van der Waals surface area contributed by atoms with Crippen LogP contribution in [0.15, 0.2) is 23.2 Å². The summed E-state index contributed by atoms with van der Waals surface area (Å²) in [6.07, 6.45) is 2.34. The molecule has 142 valence electrons. The molecule has 0 radical (unpaired) electrons. The predicted molar refractivity (Wildman–Crippen MR) is 98.6 cm³/mol. The molecule has 2 fully saturated rings. The number of benzene rings is 1. The fourth-order valence-corrected chi connectivity index (χ4v) is 4.48. The first-order valence-electron chi connectivity index (χ1n) is 9.28. The number of aromatic hydroxyl groups is 1. The number of non-ortho nitro benzene ring substituents is 1. The molecule has 5 rings (SSSR count). The van der Waals surface area contributed by atoms with Crippen LogP contribution >= 0.6 is 0 Å². The minimum Gasteiger partial charge on any atom is -0.494 e. The van der Waals surface area contributed by atoms with E-state index >= 15 is 0 Å². The van der Waals surface area contributed by atoms with Crippen LogP contribution in [0.1, 0.15) is 30.9 Å². The van der Waals surface area contributed by atoms with Crippen molar-refractivity contribution in [3.63, 3.8) is 0 Å². The van der Waals surface area contributed by atoms with Crippen LogP contribution in [-0.2, 0) is 9.47 Å². The quantitative estimate of drug-likeness (QED) is 0.661. The molecule has 0 bridgehead atoms. The van der Waals surface area contributed by atoms with Crippen LogP contribution in [-0.4, -0.2) is 53.3 Å². The maximum absolute atomic E-state index is 11.3. The van der Waals surface area contributed by atoms with Gasteiger partial charge in [-0.15, -0.1) is 0 Å². The summed E-state index contributed by atoms with van der Waals surface area (Å²) < 4.78 is 12.7. The fourth-order valence-electron chi connectivity index (χ4n) is 4.48. The van der Waals surface area contributed by atoms with E-state index in [1.54, 1.807) is 12.1 Å². The van der Waals surface area contributed by atoms with Gasteiger partial charge in [0.25, 0.3) is 5.69 Å². The molecule has 0 saturated carbocycles. The van der Waals surface area contributed by atoms with Gasteiger partial charge < -0.3 is 19.1 Å².